The molecule has 3 unspecified atom stereocenters. The van der Waals surface area contributed by atoms with Crippen LogP contribution in [0.4, 0.5) is 0 Å². The van der Waals surface area contributed by atoms with Crippen LogP contribution >= 0.6 is 37.5 Å². The molecular formula is C84H98Cl2O9P2. The van der Waals surface area contributed by atoms with E-state index in [1.807, 2.05) is 114 Å². The SMILES string of the molecule is Cc1cc(C2C(=O)Oc3c2cc(C(C)(C)C)cc3C(C)(C)C)cc(C)c1O.Cc1cc(C2C(=O)Oc3c2cc(C(C)(C)C)cc3C(C)(C)C)cc(C)c1OP(Oc1c(C)cc(C2C(=O)Oc3c2cc(C(C)(C)C)cc3C(C)(C)C)cc1C)c1ccccc1.ClP(Cl)c1ccccc1. The third kappa shape index (κ3) is 16.0. The maximum atomic E-state index is 13.8. The van der Waals surface area contributed by atoms with Crippen LogP contribution < -0.4 is 33.9 Å². The van der Waals surface area contributed by atoms with Crippen molar-refractivity contribution in [3.63, 3.8) is 0 Å². The number of fused-ring (bicyclic) bond motifs is 3. The average molecular weight is 1380 g/mol. The zero-order valence-electron chi connectivity index (χ0n) is 61.3. The lowest BCUT2D eigenvalue weighted by Gasteiger charge is -2.27. The van der Waals surface area contributed by atoms with Gasteiger partial charge in [-0.1, -0.05) is 268 Å². The molecule has 8 aromatic rings. The predicted octanol–water partition coefficient (Wildman–Crippen LogP) is 22.1. The zero-order valence-corrected chi connectivity index (χ0v) is 64.6. The Kier molecular flexibility index (Phi) is 21.1. The van der Waals surface area contributed by atoms with Crippen LogP contribution in [0.1, 0.15) is 243 Å². The van der Waals surface area contributed by atoms with E-state index in [2.05, 4.69) is 185 Å². The summed E-state index contributed by atoms with van der Waals surface area (Å²) in [6, 6.07) is 44.7. The monoisotopic (exact) mass is 1380 g/mol. The lowest BCUT2D eigenvalue weighted by Crippen LogP contribution is -2.17. The van der Waals surface area contributed by atoms with Gasteiger partial charge in [0.15, 0.2) is 0 Å². The van der Waals surface area contributed by atoms with E-state index in [9.17, 15) is 19.5 Å². The molecule has 97 heavy (non-hydrogen) atoms. The van der Waals surface area contributed by atoms with Gasteiger partial charge in [-0.2, -0.15) is 0 Å². The molecule has 1 N–H and O–H groups in total. The van der Waals surface area contributed by atoms with Crippen molar-refractivity contribution >= 4 is 66.0 Å². The third-order valence-corrected chi connectivity index (χ3v) is 21.6. The first kappa shape index (κ1) is 74.2. The van der Waals surface area contributed by atoms with Gasteiger partial charge in [0.05, 0.1) is 5.30 Å². The summed E-state index contributed by atoms with van der Waals surface area (Å²) in [7, 11) is -1.67. The molecule has 11 rings (SSSR count). The van der Waals surface area contributed by atoms with Crippen molar-refractivity contribution in [1.29, 1.82) is 0 Å². The fraction of sp³-hybridized carbons (Fsp3) is 0.393. The molecule has 0 saturated heterocycles. The predicted molar refractivity (Wildman–Crippen MR) is 402 cm³/mol. The second kappa shape index (κ2) is 27.6. The maximum Gasteiger partial charge on any atom is 0.326 e. The van der Waals surface area contributed by atoms with Crippen molar-refractivity contribution in [2.45, 2.75) is 216 Å². The standard InChI is InChI=1S/C54H63O6P.C24H30O3.C6H5Cl2P/c1-30-22-34(43-39-26-36(51(5,6)7)28-41(53(11,12)13)47(39)57-49(43)55)23-31(2)45(30)59-61(38-20-18-17-19-21-38)60-46-32(3)24-35(25-33(46)4)44-40-27-37(52(8,9)10)29-42(54(14,15)16)48(40)58-50(44)56;1-13-9-15(10-14(2)20(13)25)19-17-11-16(23(3,4)5)12-18(24(6,7)8)21(17)27-22(19)26;7-9(8)6-4-2-1-3-5-6/h17-29,43-44H,1-16H3;9-12,19,25H,1-8H3;1-5H. The summed E-state index contributed by atoms with van der Waals surface area (Å²) in [5, 5.41) is 12.0. The number of carbonyl (C=O) groups excluding carboxylic acids is 3. The molecule has 0 fully saturated rings. The van der Waals surface area contributed by atoms with E-state index in [1.165, 1.54) is 16.7 Å². The highest BCUT2D eigenvalue weighted by Gasteiger charge is 2.44. The molecule has 0 bridgehead atoms. The Morgan fingerprint density at radius 3 is 0.856 bits per heavy atom. The molecule has 3 aliphatic rings. The van der Waals surface area contributed by atoms with Gasteiger partial charge in [0.25, 0.3) is 0 Å². The average Bonchev–Trinajstić information content (AvgIpc) is 1.62. The summed E-state index contributed by atoms with van der Waals surface area (Å²) in [6.45, 7) is 50.0. The number of rotatable bonds is 9. The normalized spacial score (nSPS) is 16.4. The van der Waals surface area contributed by atoms with Crippen molar-refractivity contribution in [1.82, 2.24) is 0 Å². The van der Waals surface area contributed by atoms with Gasteiger partial charge in [-0.3, -0.25) is 14.4 Å². The number of phenols is 1. The number of esters is 3. The van der Waals surface area contributed by atoms with Gasteiger partial charge in [0.2, 0.25) is 0 Å². The summed E-state index contributed by atoms with van der Waals surface area (Å²) >= 11 is 11.3. The maximum absolute atomic E-state index is 13.8. The lowest BCUT2D eigenvalue weighted by molar-refractivity contribution is -0.134. The Morgan fingerprint density at radius 2 is 0.619 bits per heavy atom. The minimum absolute atomic E-state index is 0.0357. The van der Waals surface area contributed by atoms with Gasteiger partial charge in [-0.25, -0.2) is 0 Å². The van der Waals surface area contributed by atoms with E-state index < -0.39 is 32.8 Å². The molecule has 512 valence electrons. The van der Waals surface area contributed by atoms with E-state index >= 15 is 0 Å². The van der Waals surface area contributed by atoms with E-state index in [0.29, 0.717) is 28.7 Å². The van der Waals surface area contributed by atoms with Crippen LogP contribution in [-0.2, 0) is 46.9 Å². The number of hydrogen-bond donors (Lipinski definition) is 1. The summed E-state index contributed by atoms with van der Waals surface area (Å²) in [4.78, 5) is 40.5. The van der Waals surface area contributed by atoms with Gasteiger partial charge < -0.3 is 28.4 Å². The number of halogens is 2. The van der Waals surface area contributed by atoms with Crippen molar-refractivity contribution in [3.8, 4) is 34.5 Å². The van der Waals surface area contributed by atoms with Gasteiger partial charge in [0, 0.05) is 38.7 Å². The van der Waals surface area contributed by atoms with E-state index in [4.69, 9.17) is 45.7 Å². The Morgan fingerprint density at radius 1 is 0.361 bits per heavy atom. The largest absolute Gasteiger partial charge is 0.507 e. The van der Waals surface area contributed by atoms with Crippen molar-refractivity contribution in [3.05, 3.63) is 234 Å². The highest BCUT2D eigenvalue weighted by molar-refractivity contribution is 8.08. The Balaban J connectivity index is 0.000000250. The Bertz CT molecular complexity index is 4110. The second-order valence-electron chi connectivity index (χ2n) is 32.7. The third-order valence-electron chi connectivity index (χ3n) is 18.4. The molecule has 0 spiro atoms. The summed E-state index contributed by atoms with van der Waals surface area (Å²) in [5.41, 5.74) is 16.4. The van der Waals surface area contributed by atoms with Gasteiger partial charge in [-0.05, 0) is 153 Å². The minimum Gasteiger partial charge on any atom is -0.507 e. The lowest BCUT2D eigenvalue weighted by atomic mass is 9.77. The summed E-state index contributed by atoms with van der Waals surface area (Å²) in [5.74, 6) is 1.45. The highest BCUT2D eigenvalue weighted by atomic mass is 35.9. The van der Waals surface area contributed by atoms with Crippen LogP contribution in [0.2, 0.25) is 0 Å². The molecule has 13 heteroatoms. The molecule has 0 amide bonds. The smallest absolute Gasteiger partial charge is 0.326 e. The van der Waals surface area contributed by atoms with Crippen molar-refractivity contribution in [2.75, 3.05) is 0 Å². The van der Waals surface area contributed by atoms with Crippen LogP contribution in [-0.4, -0.2) is 23.0 Å². The number of hydrogen-bond acceptors (Lipinski definition) is 9. The second-order valence-corrected chi connectivity index (χ2v) is 37.6. The molecule has 8 aromatic carbocycles. The first-order chi connectivity index (χ1) is 44.8. The molecular weight excluding hydrogens is 1290 g/mol. The first-order valence-electron chi connectivity index (χ1n) is 33.5. The van der Waals surface area contributed by atoms with Crippen LogP contribution in [0.25, 0.3) is 0 Å². The summed E-state index contributed by atoms with van der Waals surface area (Å²) in [6.07, 6.45) is 0. The molecule has 3 atom stereocenters. The minimum atomic E-state index is -1.67. The molecule has 0 radical (unpaired) electrons. The fourth-order valence-corrected chi connectivity index (χ4v) is 15.5. The quantitative estimate of drug-likeness (QED) is 0.0856. The molecule has 0 saturated carbocycles. The zero-order chi connectivity index (χ0) is 71.7. The number of benzene rings is 8. The molecule has 3 heterocycles. The number of phenolic OH excluding ortho intramolecular Hbond substituents is 1. The van der Waals surface area contributed by atoms with Crippen LogP contribution in [0.15, 0.2) is 133 Å². The topological polar surface area (TPSA) is 118 Å². The van der Waals surface area contributed by atoms with Crippen LogP contribution in [0, 0.1) is 41.5 Å². The first-order valence-corrected chi connectivity index (χ1v) is 37.8. The van der Waals surface area contributed by atoms with E-state index in [0.717, 1.165) is 94.1 Å². The van der Waals surface area contributed by atoms with Crippen molar-refractivity contribution < 1.29 is 42.7 Å². The number of carbonyl (C=O) groups is 3. The Labute approximate surface area is 589 Å². The molecule has 0 aromatic heterocycles. The molecule has 3 aliphatic heterocycles. The fourth-order valence-electron chi connectivity index (χ4n) is 12.8. The number of aromatic hydroxyl groups is 1. The van der Waals surface area contributed by atoms with Crippen LogP contribution in [0.3, 0.4) is 0 Å². The van der Waals surface area contributed by atoms with Gasteiger partial charge in [-0.15, -0.1) is 0 Å². The van der Waals surface area contributed by atoms with Crippen LogP contribution in [0.5, 0.6) is 34.5 Å². The molecule has 9 nitrogen and oxygen atoms in total. The van der Waals surface area contributed by atoms with Gasteiger partial charge in [0.1, 0.15) is 58.9 Å². The number of aryl methyl sites for hydroxylation is 6. The molecule has 0 aliphatic carbocycles. The van der Waals surface area contributed by atoms with E-state index in [-0.39, 0.29) is 56.1 Å². The Hall–Kier alpha value is -6.99. The van der Waals surface area contributed by atoms with Crippen molar-refractivity contribution in [2.24, 2.45) is 0 Å². The number of ether oxygens (including phenoxy) is 3. The summed E-state index contributed by atoms with van der Waals surface area (Å²) < 4.78 is 31.9. The van der Waals surface area contributed by atoms with Gasteiger partial charge >= 0.3 is 26.3 Å². The van der Waals surface area contributed by atoms with E-state index in [1.54, 1.807) is 0 Å². The highest BCUT2D eigenvalue weighted by Crippen LogP contribution is 2.53.